The highest BCUT2D eigenvalue weighted by atomic mass is 16.6. The van der Waals surface area contributed by atoms with Gasteiger partial charge in [0.2, 0.25) is 0 Å². The van der Waals surface area contributed by atoms with E-state index in [1.54, 1.807) is 0 Å². The Morgan fingerprint density at radius 1 is 1.27 bits per heavy atom. The summed E-state index contributed by atoms with van der Waals surface area (Å²) in [5.41, 5.74) is 2.22. The van der Waals surface area contributed by atoms with Gasteiger partial charge in [0.15, 0.2) is 5.60 Å². The number of rotatable bonds is 5. The van der Waals surface area contributed by atoms with Gasteiger partial charge in [-0.15, -0.1) is 10.2 Å². The van der Waals surface area contributed by atoms with Crippen molar-refractivity contribution < 1.29 is 13.9 Å². The van der Waals surface area contributed by atoms with Gasteiger partial charge in [0.25, 0.3) is 11.8 Å². The van der Waals surface area contributed by atoms with Crippen LogP contribution >= 0.6 is 0 Å². The van der Waals surface area contributed by atoms with Gasteiger partial charge in [-0.2, -0.15) is 5.10 Å². The van der Waals surface area contributed by atoms with Crippen molar-refractivity contribution in [1.82, 2.24) is 20.0 Å². The van der Waals surface area contributed by atoms with E-state index in [4.69, 9.17) is 13.9 Å². The van der Waals surface area contributed by atoms with Crippen molar-refractivity contribution >= 4 is 0 Å². The molecular formula is C15H22N4O3. The summed E-state index contributed by atoms with van der Waals surface area (Å²) in [6.07, 6.45) is 0.731. The second-order valence-corrected chi connectivity index (χ2v) is 5.50. The SMILES string of the molecule is CCOC1(c2nnc(-c3c(C)nn(CC)c3C)o2)CCOC1. The van der Waals surface area contributed by atoms with Gasteiger partial charge >= 0.3 is 0 Å². The molecule has 1 saturated heterocycles. The zero-order valence-electron chi connectivity index (χ0n) is 13.5. The third kappa shape index (κ3) is 2.34. The van der Waals surface area contributed by atoms with Crippen LogP contribution in [0.1, 0.15) is 37.5 Å². The number of aryl methyl sites for hydroxylation is 2. The molecule has 0 spiro atoms. The maximum Gasteiger partial charge on any atom is 0.251 e. The molecule has 1 aliphatic rings. The molecule has 1 unspecified atom stereocenters. The summed E-state index contributed by atoms with van der Waals surface area (Å²) in [4.78, 5) is 0. The van der Waals surface area contributed by atoms with Gasteiger partial charge in [0.05, 0.1) is 24.5 Å². The number of ether oxygens (including phenoxy) is 2. The van der Waals surface area contributed by atoms with Crippen LogP contribution in [-0.2, 0) is 21.6 Å². The maximum atomic E-state index is 5.95. The number of hydrogen-bond acceptors (Lipinski definition) is 6. The predicted octanol–water partition coefficient (Wildman–Crippen LogP) is 2.22. The third-order valence-corrected chi connectivity index (χ3v) is 4.12. The molecule has 0 saturated carbocycles. The average Bonchev–Trinajstić information content (AvgIpc) is 3.19. The van der Waals surface area contributed by atoms with Crippen molar-refractivity contribution in [2.24, 2.45) is 0 Å². The fourth-order valence-corrected chi connectivity index (χ4v) is 2.99. The van der Waals surface area contributed by atoms with Crippen LogP contribution in [-0.4, -0.2) is 39.8 Å². The van der Waals surface area contributed by atoms with Crippen molar-refractivity contribution in [3.63, 3.8) is 0 Å². The van der Waals surface area contributed by atoms with E-state index >= 15 is 0 Å². The second kappa shape index (κ2) is 5.81. The molecule has 2 aromatic heterocycles. The first kappa shape index (κ1) is 15.2. The third-order valence-electron chi connectivity index (χ3n) is 4.12. The molecule has 2 aromatic rings. The van der Waals surface area contributed by atoms with Crippen LogP contribution in [0.2, 0.25) is 0 Å². The Morgan fingerprint density at radius 2 is 2.09 bits per heavy atom. The predicted molar refractivity (Wildman–Crippen MR) is 79.4 cm³/mol. The highest BCUT2D eigenvalue weighted by Gasteiger charge is 2.43. The molecule has 0 amide bonds. The van der Waals surface area contributed by atoms with E-state index in [2.05, 4.69) is 22.2 Å². The van der Waals surface area contributed by atoms with Crippen LogP contribution in [0.3, 0.4) is 0 Å². The van der Waals surface area contributed by atoms with Gasteiger partial charge in [-0.3, -0.25) is 4.68 Å². The fourth-order valence-electron chi connectivity index (χ4n) is 2.99. The van der Waals surface area contributed by atoms with Gasteiger partial charge in [0.1, 0.15) is 0 Å². The first-order valence-corrected chi connectivity index (χ1v) is 7.71. The molecule has 1 atom stereocenters. The smallest absolute Gasteiger partial charge is 0.251 e. The van der Waals surface area contributed by atoms with Crippen LogP contribution in [0.4, 0.5) is 0 Å². The van der Waals surface area contributed by atoms with Crippen LogP contribution in [0.5, 0.6) is 0 Å². The minimum Gasteiger partial charge on any atom is -0.417 e. The van der Waals surface area contributed by atoms with Crippen molar-refractivity contribution in [2.45, 2.75) is 46.3 Å². The van der Waals surface area contributed by atoms with Gasteiger partial charge < -0.3 is 13.9 Å². The van der Waals surface area contributed by atoms with Crippen molar-refractivity contribution in [3.8, 4) is 11.5 Å². The summed E-state index contributed by atoms with van der Waals surface area (Å²) in [5, 5.41) is 12.9. The summed E-state index contributed by atoms with van der Waals surface area (Å²) < 4.78 is 19.2. The monoisotopic (exact) mass is 306 g/mol. The largest absolute Gasteiger partial charge is 0.417 e. The number of nitrogens with zero attached hydrogens (tertiary/aromatic N) is 4. The molecule has 22 heavy (non-hydrogen) atoms. The van der Waals surface area contributed by atoms with E-state index in [0.717, 1.165) is 29.9 Å². The van der Waals surface area contributed by atoms with Gasteiger partial charge in [-0.25, -0.2) is 0 Å². The van der Waals surface area contributed by atoms with Crippen LogP contribution < -0.4 is 0 Å². The number of hydrogen-bond donors (Lipinski definition) is 0. The lowest BCUT2D eigenvalue weighted by Gasteiger charge is -2.22. The lowest BCUT2D eigenvalue weighted by atomic mass is 10.0. The summed E-state index contributed by atoms with van der Waals surface area (Å²) in [6.45, 7) is 10.5. The molecule has 3 rings (SSSR count). The molecule has 1 fully saturated rings. The van der Waals surface area contributed by atoms with Crippen LogP contribution in [0.15, 0.2) is 4.42 Å². The molecule has 120 valence electrons. The summed E-state index contributed by atoms with van der Waals surface area (Å²) >= 11 is 0. The normalized spacial score (nSPS) is 21.6. The van der Waals surface area contributed by atoms with Gasteiger partial charge in [-0.1, -0.05) is 0 Å². The van der Waals surface area contributed by atoms with Crippen molar-refractivity contribution in [2.75, 3.05) is 19.8 Å². The minimum absolute atomic E-state index is 0.453. The standard InChI is InChI=1S/C15H22N4O3/c1-5-19-11(4)12(10(3)18-19)13-16-17-14(22-13)15(21-6-2)7-8-20-9-15/h5-9H2,1-4H3. The van der Waals surface area contributed by atoms with Gasteiger partial charge in [-0.05, 0) is 27.7 Å². The van der Waals surface area contributed by atoms with E-state index < -0.39 is 5.60 Å². The van der Waals surface area contributed by atoms with Crippen LogP contribution in [0.25, 0.3) is 11.5 Å². The first-order chi connectivity index (χ1) is 10.6. The van der Waals surface area contributed by atoms with Crippen molar-refractivity contribution in [1.29, 1.82) is 0 Å². The van der Waals surface area contributed by atoms with E-state index in [-0.39, 0.29) is 0 Å². The summed E-state index contributed by atoms with van der Waals surface area (Å²) in [6, 6.07) is 0. The summed E-state index contributed by atoms with van der Waals surface area (Å²) in [5.74, 6) is 0.987. The Balaban J connectivity index is 1.99. The molecular weight excluding hydrogens is 284 g/mol. The Kier molecular flexibility index (Phi) is 4.01. The Bertz CT molecular complexity index is 656. The number of aromatic nitrogens is 4. The topological polar surface area (TPSA) is 75.2 Å². The van der Waals surface area contributed by atoms with E-state index in [1.165, 1.54) is 0 Å². The second-order valence-electron chi connectivity index (χ2n) is 5.50. The Labute approximate surface area is 129 Å². The molecule has 0 aromatic carbocycles. The quantitative estimate of drug-likeness (QED) is 0.843. The zero-order valence-corrected chi connectivity index (χ0v) is 13.5. The molecule has 0 bridgehead atoms. The van der Waals surface area contributed by atoms with Gasteiger partial charge in [0, 0.05) is 25.3 Å². The highest BCUT2D eigenvalue weighted by Crippen LogP contribution is 2.36. The lowest BCUT2D eigenvalue weighted by Crippen LogP contribution is -2.30. The van der Waals surface area contributed by atoms with Crippen LogP contribution in [0, 0.1) is 13.8 Å². The maximum absolute atomic E-state index is 5.95. The van der Waals surface area contributed by atoms with E-state index in [0.29, 0.717) is 31.6 Å². The van der Waals surface area contributed by atoms with E-state index in [1.807, 2.05) is 25.5 Å². The lowest BCUT2D eigenvalue weighted by molar-refractivity contribution is -0.0657. The minimum atomic E-state index is -0.609. The average molecular weight is 306 g/mol. The Morgan fingerprint density at radius 3 is 2.68 bits per heavy atom. The highest BCUT2D eigenvalue weighted by molar-refractivity contribution is 5.59. The zero-order chi connectivity index (χ0) is 15.7. The van der Waals surface area contributed by atoms with E-state index in [9.17, 15) is 0 Å². The molecule has 0 N–H and O–H groups in total. The Hall–Kier alpha value is -1.73. The fraction of sp³-hybridized carbons (Fsp3) is 0.667. The summed E-state index contributed by atoms with van der Waals surface area (Å²) in [7, 11) is 0. The molecule has 3 heterocycles. The molecule has 0 aliphatic carbocycles. The molecule has 1 aliphatic heterocycles. The molecule has 0 radical (unpaired) electrons. The first-order valence-electron chi connectivity index (χ1n) is 7.71. The molecule has 7 nitrogen and oxygen atoms in total. The molecule has 7 heteroatoms. The van der Waals surface area contributed by atoms with Crippen molar-refractivity contribution in [3.05, 3.63) is 17.3 Å².